The predicted octanol–water partition coefficient (Wildman–Crippen LogP) is 7.13. The Kier molecular flexibility index (Phi) is 4.42. The maximum Gasteiger partial charge on any atom is 0.0572 e. The zero-order valence-corrected chi connectivity index (χ0v) is 20.2. The van der Waals surface area contributed by atoms with Gasteiger partial charge in [0.25, 0.3) is 0 Å². The van der Waals surface area contributed by atoms with Gasteiger partial charge < -0.3 is 9.13 Å². The fourth-order valence-electron chi connectivity index (χ4n) is 5.58. The summed E-state index contributed by atoms with van der Waals surface area (Å²) in [4.78, 5) is 17.3. The summed E-state index contributed by atoms with van der Waals surface area (Å²) >= 11 is 0. The van der Waals surface area contributed by atoms with Gasteiger partial charge in [0.2, 0.25) is 0 Å². The van der Waals surface area contributed by atoms with Gasteiger partial charge in [0, 0.05) is 82.5 Å². The number of hydrogen-bond acceptors (Lipinski definition) is 4. The average molecular weight is 489 g/mol. The molecule has 38 heavy (non-hydrogen) atoms. The lowest BCUT2D eigenvalue weighted by atomic mass is 10.0. The average Bonchev–Trinajstić information content (AvgIpc) is 3.51. The Labute approximate surface area is 217 Å². The molecule has 0 radical (unpaired) electrons. The standard InChI is InChI=1S/C32H20N6/c1-5-23(37-29-9-13-33-17-25(29)26-18-34-14-10-30(26)37)6-2-21(1)22-3-7-24(8-4-22)38-31-11-15-35-19-27(31)28-20-36-16-12-32(28)38/h1-20H. The monoisotopic (exact) mass is 488 g/mol. The Hall–Kier alpha value is -5.36. The number of aromatic nitrogens is 6. The van der Waals surface area contributed by atoms with Crippen LogP contribution >= 0.6 is 0 Å². The van der Waals surface area contributed by atoms with Crippen molar-refractivity contribution in [3.8, 4) is 22.5 Å². The van der Waals surface area contributed by atoms with Gasteiger partial charge in [0.05, 0.1) is 22.1 Å². The van der Waals surface area contributed by atoms with Crippen molar-refractivity contribution < 1.29 is 0 Å². The van der Waals surface area contributed by atoms with Crippen molar-refractivity contribution in [2.45, 2.75) is 0 Å². The summed E-state index contributed by atoms with van der Waals surface area (Å²) in [7, 11) is 0. The summed E-state index contributed by atoms with van der Waals surface area (Å²) in [5, 5.41) is 4.41. The molecule has 0 saturated heterocycles. The smallest absolute Gasteiger partial charge is 0.0572 e. The van der Waals surface area contributed by atoms with Crippen LogP contribution in [0.5, 0.6) is 0 Å². The molecule has 2 aromatic carbocycles. The summed E-state index contributed by atoms with van der Waals surface area (Å²) in [5.41, 5.74) is 9.03. The maximum absolute atomic E-state index is 4.33. The highest BCUT2D eigenvalue weighted by atomic mass is 15.0. The van der Waals surface area contributed by atoms with Gasteiger partial charge >= 0.3 is 0 Å². The molecule has 0 unspecified atom stereocenters. The largest absolute Gasteiger partial charge is 0.309 e. The van der Waals surface area contributed by atoms with Crippen molar-refractivity contribution in [2.75, 3.05) is 0 Å². The van der Waals surface area contributed by atoms with Crippen LogP contribution in [0.2, 0.25) is 0 Å². The third kappa shape index (κ3) is 3.01. The molecule has 0 bridgehead atoms. The number of nitrogens with zero attached hydrogens (tertiary/aromatic N) is 6. The van der Waals surface area contributed by atoms with Crippen LogP contribution in [-0.2, 0) is 0 Å². The lowest BCUT2D eigenvalue weighted by Gasteiger charge is -2.11. The first-order chi connectivity index (χ1) is 18.9. The number of benzene rings is 2. The molecule has 0 N–H and O–H groups in total. The lowest BCUT2D eigenvalue weighted by molar-refractivity contribution is 1.17. The Balaban J connectivity index is 1.20. The first-order valence-corrected chi connectivity index (χ1v) is 12.4. The van der Waals surface area contributed by atoms with Crippen LogP contribution in [-0.4, -0.2) is 29.1 Å². The van der Waals surface area contributed by atoms with E-state index in [-0.39, 0.29) is 0 Å². The van der Waals surface area contributed by atoms with Crippen LogP contribution in [0.1, 0.15) is 0 Å². The van der Waals surface area contributed by atoms with E-state index in [0.717, 1.165) is 55.0 Å². The van der Waals surface area contributed by atoms with E-state index in [2.05, 4.69) is 102 Å². The van der Waals surface area contributed by atoms with Gasteiger partial charge in [-0.05, 0) is 59.7 Å². The van der Waals surface area contributed by atoms with Crippen LogP contribution in [0.15, 0.2) is 122 Å². The molecule has 178 valence electrons. The normalized spacial score (nSPS) is 11.7. The zero-order chi connectivity index (χ0) is 25.1. The van der Waals surface area contributed by atoms with E-state index in [1.54, 1.807) is 0 Å². The van der Waals surface area contributed by atoms with E-state index >= 15 is 0 Å². The van der Waals surface area contributed by atoms with E-state index in [9.17, 15) is 0 Å². The molecule has 6 heteroatoms. The molecule has 0 aliphatic rings. The predicted molar refractivity (Wildman–Crippen MR) is 152 cm³/mol. The molecule has 0 saturated carbocycles. The summed E-state index contributed by atoms with van der Waals surface area (Å²) in [6.45, 7) is 0. The molecule has 0 aliphatic carbocycles. The Morgan fingerprint density at radius 2 is 0.632 bits per heavy atom. The molecule has 8 rings (SSSR count). The molecule has 0 spiro atoms. The van der Waals surface area contributed by atoms with Gasteiger partial charge in [-0.15, -0.1) is 0 Å². The minimum absolute atomic E-state index is 1.10. The van der Waals surface area contributed by atoms with Gasteiger partial charge in [-0.2, -0.15) is 0 Å². The number of fused-ring (bicyclic) bond motifs is 6. The first kappa shape index (κ1) is 20.8. The quantitative estimate of drug-likeness (QED) is 0.265. The second-order valence-corrected chi connectivity index (χ2v) is 9.34. The molecule has 6 heterocycles. The molecule has 0 fully saturated rings. The van der Waals surface area contributed by atoms with Crippen molar-refractivity contribution in [2.24, 2.45) is 0 Å². The molecule has 0 aliphatic heterocycles. The van der Waals surface area contributed by atoms with Gasteiger partial charge in [-0.1, -0.05) is 24.3 Å². The van der Waals surface area contributed by atoms with Crippen molar-refractivity contribution in [1.82, 2.24) is 29.1 Å². The van der Waals surface area contributed by atoms with Crippen molar-refractivity contribution in [1.29, 1.82) is 0 Å². The summed E-state index contributed by atoms with van der Waals surface area (Å²) < 4.78 is 4.54. The van der Waals surface area contributed by atoms with Gasteiger partial charge in [-0.25, -0.2) is 0 Å². The third-order valence-electron chi connectivity index (χ3n) is 7.32. The van der Waals surface area contributed by atoms with E-state index in [1.807, 2.05) is 49.6 Å². The van der Waals surface area contributed by atoms with E-state index < -0.39 is 0 Å². The molecule has 0 amide bonds. The third-order valence-corrected chi connectivity index (χ3v) is 7.32. The Morgan fingerprint density at radius 3 is 0.921 bits per heavy atom. The highest BCUT2D eigenvalue weighted by Crippen LogP contribution is 2.33. The first-order valence-electron chi connectivity index (χ1n) is 12.4. The Bertz CT molecular complexity index is 1860. The fourth-order valence-corrected chi connectivity index (χ4v) is 5.58. The lowest BCUT2D eigenvalue weighted by Crippen LogP contribution is -1.95. The van der Waals surface area contributed by atoms with Crippen molar-refractivity contribution in [3.63, 3.8) is 0 Å². The second kappa shape index (κ2) is 8.08. The minimum Gasteiger partial charge on any atom is -0.309 e. The second-order valence-electron chi connectivity index (χ2n) is 9.34. The van der Waals surface area contributed by atoms with Crippen LogP contribution in [0.25, 0.3) is 66.1 Å². The SMILES string of the molecule is c1cc2c(cn1)c1cnccc1n2-c1ccc(-c2ccc(-n3c4ccncc4c4cnccc43)cc2)cc1. The maximum atomic E-state index is 4.33. The van der Waals surface area contributed by atoms with Gasteiger partial charge in [0.15, 0.2) is 0 Å². The molecule has 6 aromatic heterocycles. The van der Waals surface area contributed by atoms with Gasteiger partial charge in [0.1, 0.15) is 0 Å². The van der Waals surface area contributed by atoms with E-state index in [0.29, 0.717) is 0 Å². The van der Waals surface area contributed by atoms with Crippen LogP contribution in [0, 0.1) is 0 Å². The molecule has 0 atom stereocenters. The fraction of sp³-hybridized carbons (Fsp3) is 0. The van der Waals surface area contributed by atoms with Crippen LogP contribution < -0.4 is 0 Å². The van der Waals surface area contributed by atoms with Crippen LogP contribution in [0.4, 0.5) is 0 Å². The molecular weight excluding hydrogens is 468 g/mol. The number of hydrogen-bond donors (Lipinski definition) is 0. The molecule has 8 aromatic rings. The minimum atomic E-state index is 1.10. The topological polar surface area (TPSA) is 61.4 Å². The highest BCUT2D eigenvalue weighted by molar-refractivity contribution is 6.09. The molecular formula is C32H20N6. The zero-order valence-electron chi connectivity index (χ0n) is 20.2. The Morgan fingerprint density at radius 1 is 0.342 bits per heavy atom. The van der Waals surface area contributed by atoms with Crippen molar-refractivity contribution >= 4 is 43.6 Å². The van der Waals surface area contributed by atoms with Crippen LogP contribution in [0.3, 0.4) is 0 Å². The number of pyridine rings is 4. The molecule has 6 nitrogen and oxygen atoms in total. The summed E-state index contributed by atoms with van der Waals surface area (Å²) in [5.74, 6) is 0. The van der Waals surface area contributed by atoms with E-state index in [4.69, 9.17) is 0 Å². The van der Waals surface area contributed by atoms with Gasteiger partial charge in [-0.3, -0.25) is 19.9 Å². The van der Waals surface area contributed by atoms with Crippen molar-refractivity contribution in [3.05, 3.63) is 122 Å². The number of rotatable bonds is 3. The summed E-state index contributed by atoms with van der Waals surface area (Å²) in [6, 6.07) is 25.7. The van der Waals surface area contributed by atoms with E-state index in [1.165, 1.54) is 11.1 Å². The highest BCUT2D eigenvalue weighted by Gasteiger charge is 2.14. The summed E-state index contributed by atoms with van der Waals surface area (Å²) in [6.07, 6.45) is 15.0.